The van der Waals surface area contributed by atoms with Crippen molar-refractivity contribution in [3.63, 3.8) is 0 Å². The maximum absolute atomic E-state index is 13.8. The molecule has 1 heterocycles. The molecule has 4 nitrogen and oxygen atoms in total. The summed E-state index contributed by atoms with van der Waals surface area (Å²) in [6, 6.07) is -0.281. The number of carboxylic acid groups (broad SMARTS) is 1. The van der Waals surface area contributed by atoms with E-state index in [-0.39, 0.29) is 11.6 Å². The number of carboxylic acids is 1. The van der Waals surface area contributed by atoms with Crippen molar-refractivity contribution in [2.24, 2.45) is 5.92 Å². The van der Waals surface area contributed by atoms with Gasteiger partial charge in [-0.15, -0.1) is 0 Å². The van der Waals surface area contributed by atoms with Gasteiger partial charge >= 0.3 is 5.97 Å². The molecule has 0 bridgehead atoms. The summed E-state index contributed by atoms with van der Waals surface area (Å²) < 4.78 is 13.8. The highest BCUT2D eigenvalue weighted by molar-refractivity contribution is 6.18. The molecule has 22 heavy (non-hydrogen) atoms. The van der Waals surface area contributed by atoms with Crippen LogP contribution in [0.5, 0.6) is 0 Å². The van der Waals surface area contributed by atoms with Gasteiger partial charge in [-0.25, -0.2) is 9.18 Å². The van der Waals surface area contributed by atoms with E-state index in [2.05, 4.69) is 6.92 Å². The van der Waals surface area contributed by atoms with Crippen LogP contribution >= 0.6 is 0 Å². The van der Waals surface area contributed by atoms with Crippen molar-refractivity contribution in [3.05, 3.63) is 35.3 Å². The Morgan fingerprint density at radius 1 is 1.32 bits per heavy atom. The molecule has 1 aliphatic heterocycles. The lowest BCUT2D eigenvalue weighted by Gasteiger charge is -2.38. The zero-order chi connectivity index (χ0) is 16.3. The Bertz CT molecular complexity index is 562. The number of fused-ring (bicyclic) bond motifs is 1. The van der Waals surface area contributed by atoms with Crippen molar-refractivity contribution in [2.45, 2.75) is 45.6 Å². The molecule has 2 unspecified atom stereocenters. The van der Waals surface area contributed by atoms with Gasteiger partial charge < -0.3 is 10.0 Å². The molecule has 2 aliphatic rings. The molecule has 0 spiro atoms. The van der Waals surface area contributed by atoms with Crippen molar-refractivity contribution in [3.8, 4) is 0 Å². The van der Waals surface area contributed by atoms with Gasteiger partial charge in [-0.1, -0.05) is 32.3 Å². The Morgan fingerprint density at radius 2 is 2.05 bits per heavy atom. The smallest absolute Gasteiger partial charge is 0.340 e. The lowest BCUT2D eigenvalue weighted by Crippen LogP contribution is -2.46. The van der Waals surface area contributed by atoms with E-state index in [1.54, 1.807) is 13.0 Å². The van der Waals surface area contributed by atoms with Gasteiger partial charge in [0.25, 0.3) is 0 Å². The molecule has 5 heteroatoms. The van der Waals surface area contributed by atoms with Crippen LogP contribution in [-0.4, -0.2) is 34.3 Å². The molecule has 0 aromatic rings. The third kappa shape index (κ3) is 3.29. The minimum atomic E-state index is -1.25. The first kappa shape index (κ1) is 16.5. The van der Waals surface area contributed by atoms with E-state index in [9.17, 15) is 19.1 Å². The number of allylic oxidation sites excluding steroid dienone is 2. The van der Waals surface area contributed by atoms with Gasteiger partial charge in [0, 0.05) is 12.7 Å². The van der Waals surface area contributed by atoms with Crippen LogP contribution in [0.1, 0.15) is 39.5 Å². The van der Waals surface area contributed by atoms with Crippen LogP contribution < -0.4 is 0 Å². The summed E-state index contributed by atoms with van der Waals surface area (Å²) in [4.78, 5) is 25.4. The van der Waals surface area contributed by atoms with Gasteiger partial charge in [0.15, 0.2) is 5.78 Å². The van der Waals surface area contributed by atoms with Crippen LogP contribution in [0, 0.1) is 5.92 Å². The fourth-order valence-electron chi connectivity index (χ4n) is 2.95. The summed E-state index contributed by atoms with van der Waals surface area (Å²) in [6.07, 6.45) is 8.64. The third-order valence-corrected chi connectivity index (χ3v) is 4.24. The summed E-state index contributed by atoms with van der Waals surface area (Å²) in [5, 5.41) is 9.20. The van der Waals surface area contributed by atoms with E-state index in [1.165, 1.54) is 12.3 Å². The Kier molecular flexibility index (Phi) is 5.16. The van der Waals surface area contributed by atoms with Crippen LogP contribution in [0.4, 0.5) is 4.39 Å². The first-order chi connectivity index (χ1) is 10.5. The number of rotatable bonds is 6. The number of ketones is 1. The molecule has 0 aromatic heterocycles. The highest BCUT2D eigenvalue weighted by atomic mass is 19.1. The molecular weight excluding hydrogens is 285 g/mol. The van der Waals surface area contributed by atoms with Crippen LogP contribution in [0.3, 0.4) is 0 Å². The summed E-state index contributed by atoms with van der Waals surface area (Å²) in [5.41, 5.74) is 0.244. The molecule has 120 valence electrons. The molecule has 0 fully saturated rings. The number of hydrogen-bond acceptors (Lipinski definition) is 3. The number of carbonyl (C=O) groups excluding carboxylic acids is 1. The molecule has 0 radical (unpaired) electrons. The molecule has 1 N–H and O–H groups in total. The van der Waals surface area contributed by atoms with Crippen LogP contribution in [-0.2, 0) is 9.59 Å². The van der Waals surface area contributed by atoms with E-state index in [4.69, 9.17) is 0 Å². The number of Topliss-reactive ketones (excluding diaryl/α,β-unsaturated/α-hetero) is 1. The molecule has 0 amide bonds. The second-order valence-corrected chi connectivity index (χ2v) is 5.89. The minimum absolute atomic E-state index is 0.256. The lowest BCUT2D eigenvalue weighted by molar-refractivity contribution is -0.136. The fraction of sp³-hybridized carbons (Fsp3) is 0.529. The zero-order valence-corrected chi connectivity index (χ0v) is 13.0. The number of unbranched alkanes of at least 4 members (excludes halogenated alkanes) is 3. The largest absolute Gasteiger partial charge is 0.478 e. The zero-order valence-electron chi connectivity index (χ0n) is 13.0. The van der Waals surface area contributed by atoms with Crippen LogP contribution in [0.2, 0.25) is 0 Å². The number of halogens is 1. The first-order valence-corrected chi connectivity index (χ1v) is 7.77. The van der Waals surface area contributed by atoms with Crippen molar-refractivity contribution in [2.75, 3.05) is 6.54 Å². The summed E-state index contributed by atoms with van der Waals surface area (Å²) >= 11 is 0. The van der Waals surface area contributed by atoms with Crippen LogP contribution in [0.25, 0.3) is 0 Å². The number of aliphatic carboxylic acids is 1. The minimum Gasteiger partial charge on any atom is -0.478 e. The molecule has 0 saturated carbocycles. The van der Waals surface area contributed by atoms with E-state index in [0.29, 0.717) is 12.1 Å². The maximum Gasteiger partial charge on any atom is 0.340 e. The Hall–Kier alpha value is -1.91. The van der Waals surface area contributed by atoms with Gasteiger partial charge in [0.2, 0.25) is 0 Å². The van der Waals surface area contributed by atoms with Crippen molar-refractivity contribution >= 4 is 11.8 Å². The Labute approximate surface area is 130 Å². The summed E-state index contributed by atoms with van der Waals surface area (Å²) in [6.45, 7) is 4.46. The van der Waals surface area contributed by atoms with Gasteiger partial charge in [-0.3, -0.25) is 4.79 Å². The molecular formula is C17H22FNO3. The quantitative estimate of drug-likeness (QED) is 0.604. The van der Waals surface area contributed by atoms with E-state index in [1.807, 2.05) is 4.90 Å². The van der Waals surface area contributed by atoms with Gasteiger partial charge in [0.1, 0.15) is 11.4 Å². The van der Waals surface area contributed by atoms with E-state index < -0.39 is 23.5 Å². The molecule has 0 saturated heterocycles. The number of carbonyl (C=O) groups is 2. The third-order valence-electron chi connectivity index (χ3n) is 4.24. The molecule has 0 aromatic carbocycles. The SMILES string of the molecule is CCCCCCN1C=C(C(=O)O)C(=O)C2C=C(F)C(C)=CC21. The second kappa shape index (κ2) is 6.90. The van der Waals surface area contributed by atoms with Gasteiger partial charge in [-0.05, 0) is 25.0 Å². The maximum atomic E-state index is 13.8. The lowest BCUT2D eigenvalue weighted by atomic mass is 9.82. The summed E-state index contributed by atoms with van der Waals surface area (Å²) in [5.74, 6) is -2.94. The highest BCUT2D eigenvalue weighted by Crippen LogP contribution is 2.33. The predicted molar refractivity (Wildman–Crippen MR) is 81.8 cm³/mol. The topological polar surface area (TPSA) is 57.6 Å². The standard InChI is InChI=1S/C17H22FNO3/c1-3-4-5-6-7-19-10-13(17(21)22)16(20)12-9-14(18)11(2)8-15(12)19/h8-10,12,15H,3-7H2,1-2H3,(H,21,22). The molecule has 2 rings (SSSR count). The summed E-state index contributed by atoms with van der Waals surface area (Å²) in [7, 11) is 0. The second-order valence-electron chi connectivity index (χ2n) is 5.89. The average molecular weight is 307 g/mol. The highest BCUT2D eigenvalue weighted by Gasteiger charge is 2.40. The van der Waals surface area contributed by atoms with Gasteiger partial charge in [-0.2, -0.15) is 0 Å². The van der Waals surface area contributed by atoms with Crippen LogP contribution in [0.15, 0.2) is 35.3 Å². The number of hydrogen-bond donors (Lipinski definition) is 1. The molecule has 1 aliphatic carbocycles. The first-order valence-electron chi connectivity index (χ1n) is 7.77. The van der Waals surface area contributed by atoms with E-state index in [0.717, 1.165) is 25.7 Å². The molecule has 2 atom stereocenters. The number of nitrogens with zero attached hydrogens (tertiary/aromatic N) is 1. The average Bonchev–Trinajstić information content (AvgIpc) is 2.47. The monoisotopic (exact) mass is 307 g/mol. The van der Waals surface area contributed by atoms with Crippen molar-refractivity contribution in [1.29, 1.82) is 0 Å². The van der Waals surface area contributed by atoms with Gasteiger partial charge in [0.05, 0.1) is 12.0 Å². The Morgan fingerprint density at radius 3 is 2.68 bits per heavy atom. The predicted octanol–water partition coefficient (Wildman–Crippen LogP) is 3.22. The van der Waals surface area contributed by atoms with Crippen molar-refractivity contribution in [1.82, 2.24) is 4.90 Å². The van der Waals surface area contributed by atoms with E-state index >= 15 is 0 Å². The Balaban J connectivity index is 2.25. The van der Waals surface area contributed by atoms with Crippen molar-refractivity contribution < 1.29 is 19.1 Å². The normalized spacial score (nSPS) is 24.4. The fourth-order valence-corrected chi connectivity index (χ4v) is 2.95.